The van der Waals surface area contributed by atoms with Gasteiger partial charge in [0, 0.05) is 17.8 Å². The number of likely N-dealkylation sites (tertiary alicyclic amines) is 1. The molecule has 1 amide bonds. The van der Waals surface area contributed by atoms with Crippen molar-refractivity contribution in [1.29, 1.82) is 5.41 Å². The van der Waals surface area contributed by atoms with Crippen LogP contribution in [0.2, 0.25) is 4.47 Å². The Hall–Kier alpha value is -1.14. The standard InChI is InChI=1S/C11H12ClN3O2S/c12-9-14-6-3-11(4-7(6)18-9)1-2-15(10(16)17)8(13)5-11/h13H,1-5H2,(H,16,17). The van der Waals surface area contributed by atoms with Gasteiger partial charge in [-0.1, -0.05) is 11.6 Å². The minimum absolute atomic E-state index is 0.00177. The predicted molar refractivity (Wildman–Crippen MR) is 68.7 cm³/mol. The fourth-order valence-corrected chi connectivity index (χ4v) is 4.28. The lowest BCUT2D eigenvalue weighted by Gasteiger charge is -2.38. The van der Waals surface area contributed by atoms with Gasteiger partial charge >= 0.3 is 6.09 Å². The number of fused-ring (bicyclic) bond motifs is 1. The maximum absolute atomic E-state index is 10.9. The highest BCUT2D eigenvalue weighted by Crippen LogP contribution is 2.47. The molecule has 1 atom stereocenters. The molecule has 2 aliphatic rings. The fraction of sp³-hybridized carbons (Fsp3) is 0.545. The second kappa shape index (κ2) is 3.93. The first-order valence-electron chi connectivity index (χ1n) is 5.71. The van der Waals surface area contributed by atoms with Crippen molar-refractivity contribution in [3.8, 4) is 0 Å². The van der Waals surface area contributed by atoms with Crippen molar-refractivity contribution in [2.24, 2.45) is 5.41 Å². The predicted octanol–water partition coefficient (Wildman–Crippen LogP) is 2.63. The van der Waals surface area contributed by atoms with Crippen molar-refractivity contribution in [3.05, 3.63) is 15.0 Å². The molecule has 0 bridgehead atoms. The lowest BCUT2D eigenvalue weighted by atomic mass is 9.76. The summed E-state index contributed by atoms with van der Waals surface area (Å²) in [4.78, 5) is 17.6. The first-order valence-corrected chi connectivity index (χ1v) is 6.90. The smallest absolute Gasteiger partial charge is 0.412 e. The molecule has 7 heteroatoms. The monoisotopic (exact) mass is 285 g/mol. The van der Waals surface area contributed by atoms with Gasteiger partial charge in [-0.15, -0.1) is 11.3 Å². The summed E-state index contributed by atoms with van der Waals surface area (Å²) >= 11 is 7.39. The Balaban J connectivity index is 1.79. The Morgan fingerprint density at radius 3 is 2.89 bits per heavy atom. The van der Waals surface area contributed by atoms with Crippen LogP contribution in [0.5, 0.6) is 0 Å². The molecule has 1 aromatic rings. The van der Waals surface area contributed by atoms with Gasteiger partial charge in [-0.25, -0.2) is 9.78 Å². The van der Waals surface area contributed by atoms with E-state index in [9.17, 15) is 4.79 Å². The van der Waals surface area contributed by atoms with Gasteiger partial charge in [-0.05, 0) is 24.7 Å². The molecule has 1 fully saturated rings. The number of aromatic nitrogens is 1. The summed E-state index contributed by atoms with van der Waals surface area (Å²) in [6.45, 7) is 0.414. The number of carbonyl (C=O) groups is 1. The molecule has 1 saturated heterocycles. The molecule has 0 saturated carbocycles. The SMILES string of the molecule is N=C1CC2(CCN1C(=O)O)Cc1nc(Cl)sc1C2. The fourth-order valence-electron chi connectivity index (χ4n) is 2.92. The van der Waals surface area contributed by atoms with Gasteiger partial charge in [-0.2, -0.15) is 0 Å². The number of thiazole rings is 1. The topological polar surface area (TPSA) is 77.3 Å². The van der Waals surface area contributed by atoms with E-state index in [0.29, 0.717) is 17.4 Å². The van der Waals surface area contributed by atoms with Crippen LogP contribution in [-0.2, 0) is 12.8 Å². The van der Waals surface area contributed by atoms with E-state index in [4.69, 9.17) is 22.1 Å². The molecule has 1 aromatic heterocycles. The first-order chi connectivity index (χ1) is 8.49. The van der Waals surface area contributed by atoms with Crippen molar-refractivity contribution in [2.45, 2.75) is 25.7 Å². The van der Waals surface area contributed by atoms with Crippen LogP contribution in [0.25, 0.3) is 0 Å². The summed E-state index contributed by atoms with van der Waals surface area (Å²) in [7, 11) is 0. The van der Waals surface area contributed by atoms with Crippen LogP contribution in [-0.4, -0.2) is 33.5 Å². The average molecular weight is 286 g/mol. The molecule has 5 nitrogen and oxygen atoms in total. The average Bonchev–Trinajstić information content (AvgIpc) is 2.70. The zero-order chi connectivity index (χ0) is 12.9. The molecule has 18 heavy (non-hydrogen) atoms. The summed E-state index contributed by atoms with van der Waals surface area (Å²) in [6, 6.07) is 0. The molecular weight excluding hydrogens is 274 g/mol. The molecule has 1 unspecified atom stereocenters. The number of nitrogens with zero attached hydrogens (tertiary/aromatic N) is 2. The maximum atomic E-state index is 10.9. The van der Waals surface area contributed by atoms with Crippen LogP contribution in [0.4, 0.5) is 4.79 Å². The number of nitrogens with one attached hydrogen (secondary N) is 1. The highest BCUT2D eigenvalue weighted by atomic mass is 35.5. The number of piperidine rings is 1. The quantitative estimate of drug-likeness (QED) is 0.769. The van der Waals surface area contributed by atoms with Crippen molar-refractivity contribution >= 4 is 34.9 Å². The van der Waals surface area contributed by atoms with Crippen LogP contribution in [0, 0.1) is 10.8 Å². The molecule has 96 valence electrons. The Morgan fingerprint density at radius 1 is 1.50 bits per heavy atom. The molecule has 1 aliphatic heterocycles. The van der Waals surface area contributed by atoms with Crippen LogP contribution in [0.3, 0.4) is 0 Å². The Kier molecular flexibility index (Phi) is 2.60. The number of rotatable bonds is 0. The summed E-state index contributed by atoms with van der Waals surface area (Å²) in [5.41, 5.74) is 1.04. The zero-order valence-electron chi connectivity index (χ0n) is 9.57. The number of hydrogen-bond acceptors (Lipinski definition) is 4. The lowest BCUT2D eigenvalue weighted by Crippen LogP contribution is -2.46. The van der Waals surface area contributed by atoms with Gasteiger partial charge in [0.05, 0.1) is 5.69 Å². The molecule has 0 aromatic carbocycles. The van der Waals surface area contributed by atoms with Gasteiger partial charge in [0.1, 0.15) is 5.84 Å². The van der Waals surface area contributed by atoms with Crippen LogP contribution < -0.4 is 0 Å². The minimum atomic E-state index is -1.02. The summed E-state index contributed by atoms with van der Waals surface area (Å²) in [5.74, 6) is 0.204. The molecule has 1 spiro atoms. The molecule has 1 aliphatic carbocycles. The Morgan fingerprint density at radius 2 is 2.28 bits per heavy atom. The molecule has 2 heterocycles. The molecule has 2 N–H and O–H groups in total. The second-order valence-corrected chi connectivity index (χ2v) is 6.66. The Bertz CT molecular complexity index is 519. The van der Waals surface area contributed by atoms with Crippen molar-refractivity contribution in [2.75, 3.05) is 6.54 Å². The largest absolute Gasteiger partial charge is 0.465 e. The molecule has 3 rings (SSSR count). The normalized spacial score (nSPS) is 26.7. The van der Waals surface area contributed by atoms with Gasteiger partial charge < -0.3 is 5.11 Å². The highest BCUT2D eigenvalue weighted by Gasteiger charge is 2.44. The number of carboxylic acid groups (broad SMARTS) is 1. The van der Waals surface area contributed by atoms with Gasteiger partial charge in [-0.3, -0.25) is 10.3 Å². The van der Waals surface area contributed by atoms with E-state index in [1.165, 1.54) is 16.2 Å². The summed E-state index contributed by atoms with van der Waals surface area (Å²) in [6.07, 6.45) is 1.98. The number of amides is 1. The van der Waals surface area contributed by atoms with E-state index in [0.717, 1.165) is 29.9 Å². The molecule has 0 radical (unpaired) electrons. The van der Waals surface area contributed by atoms with Crippen molar-refractivity contribution in [1.82, 2.24) is 9.88 Å². The Labute approximate surface area is 113 Å². The number of hydrogen-bond donors (Lipinski definition) is 2. The van der Waals surface area contributed by atoms with E-state index in [1.54, 1.807) is 0 Å². The van der Waals surface area contributed by atoms with E-state index in [1.807, 2.05) is 0 Å². The number of halogens is 1. The minimum Gasteiger partial charge on any atom is -0.465 e. The maximum Gasteiger partial charge on any atom is 0.412 e. The van der Waals surface area contributed by atoms with Gasteiger partial charge in [0.25, 0.3) is 0 Å². The second-order valence-electron chi connectivity index (χ2n) is 5.00. The third-order valence-electron chi connectivity index (χ3n) is 3.80. The molecular formula is C11H12ClN3O2S. The van der Waals surface area contributed by atoms with Crippen molar-refractivity contribution in [3.63, 3.8) is 0 Å². The highest BCUT2D eigenvalue weighted by molar-refractivity contribution is 7.15. The van der Waals surface area contributed by atoms with Crippen molar-refractivity contribution < 1.29 is 9.90 Å². The number of amidine groups is 1. The lowest BCUT2D eigenvalue weighted by molar-refractivity contribution is 0.147. The summed E-state index contributed by atoms with van der Waals surface area (Å²) in [5, 5.41) is 16.8. The van der Waals surface area contributed by atoms with E-state index in [-0.39, 0.29) is 11.3 Å². The van der Waals surface area contributed by atoms with Crippen LogP contribution in [0.1, 0.15) is 23.4 Å². The summed E-state index contributed by atoms with van der Waals surface area (Å²) < 4.78 is 0.577. The van der Waals surface area contributed by atoms with E-state index < -0.39 is 6.09 Å². The van der Waals surface area contributed by atoms with E-state index in [2.05, 4.69) is 4.98 Å². The first kappa shape index (κ1) is 11.9. The van der Waals surface area contributed by atoms with Gasteiger partial charge in [0.2, 0.25) is 0 Å². The third kappa shape index (κ3) is 1.80. The van der Waals surface area contributed by atoms with E-state index >= 15 is 0 Å². The van der Waals surface area contributed by atoms with Gasteiger partial charge in [0.15, 0.2) is 4.47 Å². The third-order valence-corrected chi connectivity index (χ3v) is 5.00. The zero-order valence-corrected chi connectivity index (χ0v) is 11.1. The van der Waals surface area contributed by atoms with Crippen LogP contribution >= 0.6 is 22.9 Å². The van der Waals surface area contributed by atoms with Crippen LogP contribution in [0.15, 0.2) is 0 Å².